The first-order valence-corrected chi connectivity index (χ1v) is 9.61. The summed E-state index contributed by atoms with van der Waals surface area (Å²) >= 11 is 7.37. The molecule has 136 valence electrons. The van der Waals surface area contributed by atoms with Crippen LogP contribution in [0.1, 0.15) is 16.5 Å². The van der Waals surface area contributed by atoms with E-state index in [0.29, 0.717) is 10.8 Å². The average molecular weight is 390 g/mol. The van der Waals surface area contributed by atoms with Crippen LogP contribution in [-0.2, 0) is 16.0 Å². The van der Waals surface area contributed by atoms with Crippen LogP contribution in [0.15, 0.2) is 48.5 Å². The summed E-state index contributed by atoms with van der Waals surface area (Å²) in [6, 6.07) is 15.1. The largest absolute Gasteiger partial charge is 0.378 e. The van der Waals surface area contributed by atoms with Crippen molar-refractivity contribution in [1.29, 1.82) is 0 Å². The number of benzene rings is 2. The van der Waals surface area contributed by atoms with Gasteiger partial charge in [0.25, 0.3) is 5.91 Å². The molecule has 1 N–H and O–H groups in total. The summed E-state index contributed by atoms with van der Waals surface area (Å²) in [6.45, 7) is 0. The van der Waals surface area contributed by atoms with Crippen LogP contribution >= 0.6 is 23.4 Å². The van der Waals surface area contributed by atoms with Crippen LogP contribution in [0.2, 0.25) is 5.02 Å². The predicted molar refractivity (Wildman–Crippen MR) is 106 cm³/mol. The van der Waals surface area contributed by atoms with E-state index in [9.17, 15) is 9.59 Å². The Morgan fingerprint density at radius 2 is 1.85 bits per heavy atom. The Labute approximate surface area is 162 Å². The number of nitrogens with one attached hydrogen (secondary N) is 1. The second-order valence-electron chi connectivity index (χ2n) is 6.25. The predicted octanol–water partition coefficient (Wildman–Crippen LogP) is 3.25. The van der Waals surface area contributed by atoms with Crippen LogP contribution in [0, 0.1) is 0 Å². The maximum Gasteiger partial charge on any atom is 0.252 e. The molecule has 0 aromatic heterocycles. The molecule has 1 heterocycles. The summed E-state index contributed by atoms with van der Waals surface area (Å²) < 4.78 is 0. The molecule has 1 saturated heterocycles. The third-order valence-electron chi connectivity index (χ3n) is 4.09. The molecule has 2 amide bonds. The summed E-state index contributed by atoms with van der Waals surface area (Å²) in [7, 11) is 3.96. The first kappa shape index (κ1) is 18.6. The van der Waals surface area contributed by atoms with Gasteiger partial charge in [-0.25, -0.2) is 5.01 Å². The summed E-state index contributed by atoms with van der Waals surface area (Å²) in [5, 5.41) is 1.85. The number of rotatable bonds is 5. The molecule has 7 heteroatoms. The number of halogens is 1. The molecule has 3 rings (SSSR count). The van der Waals surface area contributed by atoms with Crippen molar-refractivity contribution in [2.45, 2.75) is 11.8 Å². The Bertz CT molecular complexity index is 793. The van der Waals surface area contributed by atoms with Gasteiger partial charge < -0.3 is 4.90 Å². The van der Waals surface area contributed by atoms with Gasteiger partial charge in [0.05, 0.1) is 12.2 Å². The number of hydrogen-bond acceptors (Lipinski definition) is 4. The maximum atomic E-state index is 12.4. The number of carbonyl (C=O) groups excluding carboxylic acids is 2. The first-order valence-electron chi connectivity index (χ1n) is 8.19. The number of anilines is 1. The van der Waals surface area contributed by atoms with Gasteiger partial charge in [0, 0.05) is 24.8 Å². The topological polar surface area (TPSA) is 52.7 Å². The highest BCUT2D eigenvalue weighted by Crippen LogP contribution is 2.37. The summed E-state index contributed by atoms with van der Waals surface area (Å²) in [4.78, 5) is 26.6. The van der Waals surface area contributed by atoms with Gasteiger partial charge in [0.1, 0.15) is 5.37 Å². The monoisotopic (exact) mass is 389 g/mol. The van der Waals surface area contributed by atoms with Crippen molar-refractivity contribution < 1.29 is 9.59 Å². The van der Waals surface area contributed by atoms with Crippen molar-refractivity contribution in [3.05, 3.63) is 64.7 Å². The molecule has 1 fully saturated rings. The zero-order valence-corrected chi connectivity index (χ0v) is 16.2. The van der Waals surface area contributed by atoms with E-state index in [1.807, 2.05) is 43.3 Å². The average Bonchev–Trinajstić information content (AvgIpc) is 2.97. The highest BCUT2D eigenvalue weighted by molar-refractivity contribution is 8.00. The molecule has 1 atom stereocenters. The highest BCUT2D eigenvalue weighted by Gasteiger charge is 2.34. The van der Waals surface area contributed by atoms with E-state index in [1.54, 1.807) is 24.3 Å². The van der Waals surface area contributed by atoms with Gasteiger partial charge in [-0.15, -0.1) is 11.8 Å². The Hall–Kier alpha value is -2.18. The number of hydrazine groups is 1. The number of carbonyl (C=O) groups is 2. The van der Waals surface area contributed by atoms with Crippen molar-refractivity contribution in [3.63, 3.8) is 0 Å². The fourth-order valence-electron chi connectivity index (χ4n) is 2.69. The van der Waals surface area contributed by atoms with Gasteiger partial charge in [-0.3, -0.25) is 15.0 Å². The maximum absolute atomic E-state index is 12.4. The third kappa shape index (κ3) is 4.31. The molecule has 0 spiro atoms. The number of amides is 2. The second-order valence-corrected chi connectivity index (χ2v) is 7.76. The SMILES string of the molecule is CN(C)c1ccc(C2SCC(=O)N2NC(=O)Cc2ccc(Cl)cc2)cc1. The molecule has 0 bridgehead atoms. The van der Waals surface area contributed by atoms with Gasteiger partial charge in [-0.05, 0) is 35.4 Å². The molecule has 0 aliphatic carbocycles. The smallest absolute Gasteiger partial charge is 0.252 e. The lowest BCUT2D eigenvalue weighted by molar-refractivity contribution is -0.139. The van der Waals surface area contributed by atoms with Gasteiger partial charge >= 0.3 is 0 Å². The van der Waals surface area contributed by atoms with E-state index in [2.05, 4.69) is 5.43 Å². The number of nitrogens with zero attached hydrogens (tertiary/aromatic N) is 2. The lowest BCUT2D eigenvalue weighted by atomic mass is 10.1. The molecule has 0 radical (unpaired) electrons. The van der Waals surface area contributed by atoms with Crippen LogP contribution in [0.4, 0.5) is 5.69 Å². The van der Waals surface area contributed by atoms with Crippen LogP contribution in [0.5, 0.6) is 0 Å². The second kappa shape index (κ2) is 8.01. The van der Waals surface area contributed by atoms with Crippen LogP contribution < -0.4 is 10.3 Å². The fourth-order valence-corrected chi connectivity index (χ4v) is 3.92. The molecule has 5 nitrogen and oxygen atoms in total. The third-order valence-corrected chi connectivity index (χ3v) is 5.55. The fraction of sp³-hybridized carbons (Fsp3) is 0.263. The quantitative estimate of drug-likeness (QED) is 0.852. The van der Waals surface area contributed by atoms with Gasteiger partial charge in [-0.1, -0.05) is 35.9 Å². The van der Waals surface area contributed by atoms with Crippen molar-refractivity contribution in [2.75, 3.05) is 24.7 Å². The minimum absolute atomic E-state index is 0.0962. The molecule has 2 aromatic rings. The first-order chi connectivity index (χ1) is 12.4. The minimum atomic E-state index is -0.224. The standard InChI is InChI=1S/C19H20ClN3O2S/c1-22(2)16-9-5-14(6-10-16)19-23(18(25)12-26-19)21-17(24)11-13-3-7-15(20)8-4-13/h3-10,19H,11-12H2,1-2H3,(H,21,24). The van der Waals surface area contributed by atoms with Crippen LogP contribution in [-0.4, -0.2) is 36.7 Å². The molecule has 1 aliphatic heterocycles. The lowest BCUT2D eigenvalue weighted by Gasteiger charge is -2.25. The van der Waals surface area contributed by atoms with Crippen molar-refractivity contribution in [2.24, 2.45) is 0 Å². The van der Waals surface area contributed by atoms with Gasteiger partial charge in [0.15, 0.2) is 0 Å². The lowest BCUT2D eigenvalue weighted by Crippen LogP contribution is -2.45. The van der Waals surface area contributed by atoms with E-state index in [-0.39, 0.29) is 23.6 Å². The van der Waals surface area contributed by atoms with Crippen molar-refractivity contribution >= 4 is 40.9 Å². The van der Waals surface area contributed by atoms with E-state index >= 15 is 0 Å². The van der Waals surface area contributed by atoms with Crippen LogP contribution in [0.25, 0.3) is 0 Å². The summed E-state index contributed by atoms with van der Waals surface area (Å²) in [6.07, 6.45) is 0.192. The molecular weight excluding hydrogens is 370 g/mol. The Kier molecular flexibility index (Phi) is 5.74. The Morgan fingerprint density at radius 3 is 2.46 bits per heavy atom. The summed E-state index contributed by atoms with van der Waals surface area (Å²) in [5.74, 6) is 0.0284. The molecule has 1 unspecified atom stereocenters. The zero-order valence-electron chi connectivity index (χ0n) is 14.6. The molecule has 2 aromatic carbocycles. The van der Waals surface area contributed by atoms with Crippen molar-refractivity contribution in [1.82, 2.24) is 10.4 Å². The van der Waals surface area contributed by atoms with E-state index in [0.717, 1.165) is 16.8 Å². The molecule has 1 aliphatic rings. The normalized spacial score (nSPS) is 16.7. The minimum Gasteiger partial charge on any atom is -0.378 e. The highest BCUT2D eigenvalue weighted by atomic mass is 35.5. The van der Waals surface area contributed by atoms with Gasteiger partial charge in [-0.2, -0.15) is 0 Å². The number of hydrogen-bond donors (Lipinski definition) is 1. The Balaban J connectivity index is 1.69. The summed E-state index contributed by atoms with van der Waals surface area (Å²) in [5.41, 5.74) is 5.67. The van der Waals surface area contributed by atoms with E-state index in [1.165, 1.54) is 16.8 Å². The van der Waals surface area contributed by atoms with E-state index < -0.39 is 0 Å². The van der Waals surface area contributed by atoms with Crippen LogP contribution in [0.3, 0.4) is 0 Å². The zero-order chi connectivity index (χ0) is 18.7. The van der Waals surface area contributed by atoms with Gasteiger partial charge in [0.2, 0.25) is 5.91 Å². The number of thioether (sulfide) groups is 1. The molecule has 0 saturated carbocycles. The molecular formula is C19H20ClN3O2S. The van der Waals surface area contributed by atoms with E-state index in [4.69, 9.17) is 11.6 Å². The molecule has 26 heavy (non-hydrogen) atoms. The Morgan fingerprint density at radius 1 is 1.19 bits per heavy atom. The van der Waals surface area contributed by atoms with Crippen molar-refractivity contribution in [3.8, 4) is 0 Å².